The number of nitrogens with zero attached hydrogens (tertiary/aromatic N) is 2. The summed E-state index contributed by atoms with van der Waals surface area (Å²) < 4.78 is 11.2. The molecule has 112 valence electrons. The van der Waals surface area contributed by atoms with Gasteiger partial charge in [-0.15, -0.1) is 0 Å². The maximum atomic E-state index is 6.19. The molecule has 1 aromatic heterocycles. The van der Waals surface area contributed by atoms with Crippen LogP contribution in [0.1, 0.15) is 12.8 Å². The minimum absolute atomic E-state index is 0.505. The molecule has 0 N–H and O–H groups in total. The van der Waals surface area contributed by atoms with Gasteiger partial charge in [-0.3, -0.25) is 4.98 Å². The van der Waals surface area contributed by atoms with Gasteiger partial charge in [-0.05, 0) is 24.8 Å². The Hall–Kier alpha value is -1.39. The predicted molar refractivity (Wildman–Crippen MR) is 83.5 cm³/mol. The Balaban J connectivity index is 1.79. The molecule has 3 rings (SSSR count). The lowest BCUT2D eigenvalue weighted by atomic mass is 10.2. The first kappa shape index (κ1) is 14.5. The average molecular weight is 327 g/mol. The van der Waals surface area contributed by atoms with Crippen LogP contribution in [0.25, 0.3) is 0 Å². The van der Waals surface area contributed by atoms with Gasteiger partial charge in [-0.1, -0.05) is 23.2 Å². The second kappa shape index (κ2) is 6.16. The van der Waals surface area contributed by atoms with Crippen LogP contribution >= 0.6 is 23.2 Å². The summed E-state index contributed by atoms with van der Waals surface area (Å²) >= 11 is 12.4. The molecule has 0 aromatic carbocycles. The van der Waals surface area contributed by atoms with Gasteiger partial charge < -0.3 is 14.4 Å². The molecule has 0 radical (unpaired) electrons. The van der Waals surface area contributed by atoms with Crippen LogP contribution in [0.2, 0.25) is 10.0 Å². The maximum Gasteiger partial charge on any atom is 0.176 e. The highest BCUT2D eigenvalue weighted by Crippen LogP contribution is 2.36. The average Bonchev–Trinajstić information content (AvgIpc) is 3.29. The first-order chi connectivity index (χ1) is 10.2. The van der Waals surface area contributed by atoms with Crippen molar-refractivity contribution in [1.29, 1.82) is 0 Å². The Labute approximate surface area is 134 Å². The van der Waals surface area contributed by atoms with E-state index in [0.717, 1.165) is 18.1 Å². The van der Waals surface area contributed by atoms with Gasteiger partial charge in [-0.2, -0.15) is 0 Å². The SMILES string of the molecule is COC1=CN(c2c(Cl)cncc2Cl)CC=C1OCC1CC1. The summed E-state index contributed by atoms with van der Waals surface area (Å²) in [6.45, 7) is 1.37. The van der Waals surface area contributed by atoms with Crippen LogP contribution in [0.15, 0.2) is 36.2 Å². The monoisotopic (exact) mass is 326 g/mol. The Bertz CT molecular complexity index is 577. The van der Waals surface area contributed by atoms with Crippen molar-refractivity contribution in [3.05, 3.63) is 46.2 Å². The van der Waals surface area contributed by atoms with E-state index in [1.54, 1.807) is 19.5 Å². The van der Waals surface area contributed by atoms with E-state index in [9.17, 15) is 0 Å². The molecule has 0 saturated heterocycles. The Morgan fingerprint density at radius 2 is 1.95 bits per heavy atom. The highest BCUT2D eigenvalue weighted by Gasteiger charge is 2.25. The van der Waals surface area contributed by atoms with Crippen molar-refractivity contribution >= 4 is 28.9 Å². The second-order valence-electron chi connectivity index (χ2n) is 5.12. The van der Waals surface area contributed by atoms with Crippen molar-refractivity contribution in [2.75, 3.05) is 25.2 Å². The Morgan fingerprint density at radius 3 is 2.57 bits per heavy atom. The third-order valence-electron chi connectivity index (χ3n) is 3.50. The van der Waals surface area contributed by atoms with Gasteiger partial charge in [0.05, 0.1) is 35.6 Å². The van der Waals surface area contributed by atoms with Crippen LogP contribution in [0.4, 0.5) is 5.69 Å². The Kier molecular flexibility index (Phi) is 4.27. The largest absolute Gasteiger partial charge is 0.491 e. The Morgan fingerprint density at radius 1 is 1.24 bits per heavy atom. The molecule has 2 aliphatic rings. The fourth-order valence-electron chi connectivity index (χ4n) is 2.15. The molecule has 0 amide bonds. The standard InChI is InChI=1S/C15H16Cl2N2O2/c1-20-14-8-19(15-11(16)6-18-7-12(15)17)5-4-13(14)21-9-10-2-3-10/h4,6-8,10H,2-3,5,9H2,1H3. The lowest BCUT2D eigenvalue weighted by molar-refractivity contribution is 0.165. The van der Waals surface area contributed by atoms with Gasteiger partial charge in [-0.25, -0.2) is 0 Å². The minimum atomic E-state index is 0.505. The van der Waals surface area contributed by atoms with Crippen molar-refractivity contribution in [1.82, 2.24) is 4.98 Å². The van der Waals surface area contributed by atoms with Crippen molar-refractivity contribution in [3.63, 3.8) is 0 Å². The summed E-state index contributed by atoms with van der Waals surface area (Å²) in [6.07, 6.45) is 9.50. The summed E-state index contributed by atoms with van der Waals surface area (Å²) in [5, 5.41) is 1.01. The van der Waals surface area contributed by atoms with E-state index >= 15 is 0 Å². The zero-order chi connectivity index (χ0) is 14.8. The van der Waals surface area contributed by atoms with Gasteiger partial charge in [0.25, 0.3) is 0 Å². The first-order valence-electron chi connectivity index (χ1n) is 6.84. The van der Waals surface area contributed by atoms with E-state index in [1.807, 2.05) is 17.2 Å². The lowest BCUT2D eigenvalue weighted by Gasteiger charge is -2.27. The lowest BCUT2D eigenvalue weighted by Crippen LogP contribution is -2.23. The molecule has 1 aliphatic carbocycles. The van der Waals surface area contributed by atoms with Crippen LogP contribution in [0.3, 0.4) is 0 Å². The molecule has 1 saturated carbocycles. The fourth-order valence-corrected chi connectivity index (χ4v) is 2.73. The van der Waals surface area contributed by atoms with Crippen molar-refractivity contribution in [2.24, 2.45) is 5.92 Å². The number of halogens is 2. The van der Waals surface area contributed by atoms with Gasteiger partial charge in [0, 0.05) is 18.9 Å². The smallest absolute Gasteiger partial charge is 0.176 e. The molecule has 1 aliphatic heterocycles. The zero-order valence-electron chi connectivity index (χ0n) is 11.7. The number of aromatic nitrogens is 1. The minimum Gasteiger partial charge on any atom is -0.491 e. The molecule has 1 aromatic rings. The zero-order valence-corrected chi connectivity index (χ0v) is 13.2. The number of pyridine rings is 1. The predicted octanol–water partition coefficient (Wildman–Crippen LogP) is 4.01. The van der Waals surface area contributed by atoms with Crippen molar-refractivity contribution < 1.29 is 9.47 Å². The molecule has 0 spiro atoms. The first-order valence-corrected chi connectivity index (χ1v) is 7.59. The molecule has 0 bridgehead atoms. The number of hydrogen-bond acceptors (Lipinski definition) is 4. The molecule has 2 heterocycles. The van der Waals surface area contributed by atoms with Gasteiger partial charge in [0.2, 0.25) is 0 Å². The van der Waals surface area contributed by atoms with E-state index in [1.165, 1.54) is 12.8 Å². The second-order valence-corrected chi connectivity index (χ2v) is 5.94. The molecule has 0 atom stereocenters. The molecule has 1 fully saturated rings. The molecule has 21 heavy (non-hydrogen) atoms. The molecule has 6 heteroatoms. The van der Waals surface area contributed by atoms with E-state index in [-0.39, 0.29) is 0 Å². The molecule has 4 nitrogen and oxygen atoms in total. The number of methoxy groups -OCH3 is 1. The third-order valence-corrected chi connectivity index (χ3v) is 4.05. The summed E-state index contributed by atoms with van der Waals surface area (Å²) in [5.74, 6) is 2.15. The molecular weight excluding hydrogens is 311 g/mol. The number of ether oxygens (including phenoxy) is 2. The quantitative estimate of drug-likeness (QED) is 0.818. The van der Waals surface area contributed by atoms with Crippen LogP contribution in [0, 0.1) is 5.92 Å². The molecular formula is C15H16Cl2N2O2. The number of rotatable bonds is 5. The molecule has 0 unspecified atom stereocenters. The normalized spacial score (nSPS) is 18.1. The number of anilines is 1. The van der Waals surface area contributed by atoms with Gasteiger partial charge in [0.1, 0.15) is 0 Å². The van der Waals surface area contributed by atoms with E-state index in [4.69, 9.17) is 32.7 Å². The van der Waals surface area contributed by atoms with Crippen molar-refractivity contribution in [2.45, 2.75) is 12.8 Å². The summed E-state index contributed by atoms with van der Waals surface area (Å²) in [7, 11) is 1.62. The maximum absolute atomic E-state index is 6.19. The van der Waals surface area contributed by atoms with E-state index in [2.05, 4.69) is 4.98 Å². The van der Waals surface area contributed by atoms with E-state index < -0.39 is 0 Å². The van der Waals surface area contributed by atoms with Crippen LogP contribution in [-0.2, 0) is 9.47 Å². The number of hydrogen-bond donors (Lipinski definition) is 0. The summed E-state index contributed by atoms with van der Waals surface area (Å²) in [6, 6.07) is 0. The fraction of sp³-hybridized carbons (Fsp3) is 0.400. The van der Waals surface area contributed by atoms with Crippen LogP contribution < -0.4 is 4.90 Å². The van der Waals surface area contributed by atoms with Gasteiger partial charge in [0.15, 0.2) is 11.5 Å². The van der Waals surface area contributed by atoms with Gasteiger partial charge >= 0.3 is 0 Å². The highest BCUT2D eigenvalue weighted by molar-refractivity contribution is 6.39. The van der Waals surface area contributed by atoms with E-state index in [0.29, 0.717) is 28.3 Å². The van der Waals surface area contributed by atoms with Crippen LogP contribution in [-0.4, -0.2) is 25.2 Å². The summed E-state index contributed by atoms with van der Waals surface area (Å²) in [5.41, 5.74) is 0.723. The third kappa shape index (κ3) is 3.27. The summed E-state index contributed by atoms with van der Waals surface area (Å²) in [4.78, 5) is 5.89. The van der Waals surface area contributed by atoms with Crippen molar-refractivity contribution in [3.8, 4) is 0 Å². The highest BCUT2D eigenvalue weighted by atomic mass is 35.5. The topological polar surface area (TPSA) is 34.6 Å². The van der Waals surface area contributed by atoms with Crippen LogP contribution in [0.5, 0.6) is 0 Å².